The molecule has 0 heterocycles. The Kier molecular flexibility index (Phi) is 6.29. The lowest BCUT2D eigenvalue weighted by atomic mass is 9.96. The lowest BCUT2D eigenvalue weighted by molar-refractivity contribution is -0.134. The number of hydrogen-bond donors (Lipinski definition) is 1. The average Bonchev–Trinajstić information content (AvgIpc) is 2.35. The van der Waals surface area contributed by atoms with Crippen LogP contribution in [0.4, 0.5) is 0 Å². The van der Waals surface area contributed by atoms with Crippen LogP contribution in [0, 0.1) is 0 Å². The van der Waals surface area contributed by atoms with E-state index in [1.165, 1.54) is 5.56 Å². The van der Waals surface area contributed by atoms with Crippen molar-refractivity contribution in [2.24, 2.45) is 5.16 Å². The summed E-state index contributed by atoms with van der Waals surface area (Å²) in [4.78, 5) is 14.1. The van der Waals surface area contributed by atoms with E-state index in [1.54, 1.807) is 0 Å². The standard InChI is InChI=1S/C12H12BrNO.C2H4O2/c1-2-15-14-12-5-3-4-9-6-7-10(13)8-11(9)12;1-2(3)4/h3,5-8H,2,4H2,1H3;1H3,(H,3,4). The normalized spacial score (nSPS) is 14.4. The molecular formula is C14H16BrNO3. The third-order valence-electron chi connectivity index (χ3n) is 2.25. The van der Waals surface area contributed by atoms with Gasteiger partial charge in [0.1, 0.15) is 12.3 Å². The third kappa shape index (κ3) is 5.26. The van der Waals surface area contributed by atoms with Crippen molar-refractivity contribution in [1.29, 1.82) is 0 Å². The summed E-state index contributed by atoms with van der Waals surface area (Å²) in [6, 6.07) is 6.25. The number of rotatable bonds is 2. The van der Waals surface area contributed by atoms with Crippen LogP contribution in [0.3, 0.4) is 0 Å². The predicted molar refractivity (Wildman–Crippen MR) is 78.5 cm³/mol. The van der Waals surface area contributed by atoms with Gasteiger partial charge in [-0.3, -0.25) is 4.79 Å². The van der Waals surface area contributed by atoms with E-state index in [0.29, 0.717) is 6.61 Å². The van der Waals surface area contributed by atoms with Crippen molar-refractivity contribution in [3.63, 3.8) is 0 Å². The highest BCUT2D eigenvalue weighted by atomic mass is 79.9. The molecule has 0 saturated heterocycles. The fourth-order valence-electron chi connectivity index (χ4n) is 1.57. The molecule has 2 rings (SSSR count). The molecule has 19 heavy (non-hydrogen) atoms. The van der Waals surface area contributed by atoms with Gasteiger partial charge >= 0.3 is 0 Å². The highest BCUT2D eigenvalue weighted by molar-refractivity contribution is 9.10. The second-order valence-corrected chi connectivity index (χ2v) is 4.74. The van der Waals surface area contributed by atoms with Gasteiger partial charge in [-0.15, -0.1) is 0 Å². The number of aliphatic carboxylic acids is 1. The minimum absolute atomic E-state index is 0.598. The Hall–Kier alpha value is -1.62. The molecule has 0 atom stereocenters. The number of fused-ring (bicyclic) bond motifs is 1. The van der Waals surface area contributed by atoms with Crippen LogP contribution < -0.4 is 0 Å². The number of hydrogen-bond acceptors (Lipinski definition) is 3. The number of nitrogens with zero attached hydrogens (tertiary/aromatic N) is 1. The SMILES string of the molecule is CC(=O)O.CCON=C1C=CCc2ccc(Br)cc21. The van der Waals surface area contributed by atoms with Crippen molar-refractivity contribution in [2.75, 3.05) is 6.61 Å². The minimum Gasteiger partial charge on any atom is -0.481 e. The molecule has 0 aromatic heterocycles. The van der Waals surface area contributed by atoms with E-state index in [2.05, 4.69) is 45.4 Å². The summed E-state index contributed by atoms with van der Waals surface area (Å²) in [6.45, 7) is 3.61. The lowest BCUT2D eigenvalue weighted by Gasteiger charge is -2.12. The van der Waals surface area contributed by atoms with Crippen molar-refractivity contribution in [2.45, 2.75) is 20.3 Å². The summed E-state index contributed by atoms with van der Waals surface area (Å²) < 4.78 is 1.07. The smallest absolute Gasteiger partial charge is 0.300 e. The molecule has 1 aromatic carbocycles. The van der Waals surface area contributed by atoms with Crippen LogP contribution in [0.25, 0.3) is 0 Å². The average molecular weight is 326 g/mol. The van der Waals surface area contributed by atoms with Crippen LogP contribution in [-0.4, -0.2) is 23.4 Å². The molecule has 0 radical (unpaired) electrons. The van der Waals surface area contributed by atoms with Crippen molar-refractivity contribution >= 4 is 27.6 Å². The molecule has 1 aromatic rings. The first-order chi connectivity index (χ1) is 9.04. The predicted octanol–water partition coefficient (Wildman–Crippen LogP) is 3.39. The van der Waals surface area contributed by atoms with Gasteiger partial charge in [0.25, 0.3) is 5.97 Å². The fourth-order valence-corrected chi connectivity index (χ4v) is 1.93. The first kappa shape index (κ1) is 15.4. The minimum atomic E-state index is -0.833. The van der Waals surface area contributed by atoms with Crippen LogP contribution >= 0.6 is 15.9 Å². The maximum absolute atomic E-state index is 9.00. The van der Waals surface area contributed by atoms with E-state index < -0.39 is 5.97 Å². The largest absolute Gasteiger partial charge is 0.481 e. The van der Waals surface area contributed by atoms with Crippen LogP contribution in [0.1, 0.15) is 25.0 Å². The third-order valence-corrected chi connectivity index (χ3v) is 2.75. The van der Waals surface area contributed by atoms with Crippen molar-refractivity contribution in [1.82, 2.24) is 0 Å². The second-order valence-electron chi connectivity index (χ2n) is 3.82. The second kappa shape index (κ2) is 7.74. The van der Waals surface area contributed by atoms with E-state index in [-0.39, 0.29) is 0 Å². The van der Waals surface area contributed by atoms with Gasteiger partial charge in [0.15, 0.2) is 0 Å². The Morgan fingerprint density at radius 3 is 2.84 bits per heavy atom. The Bertz CT molecular complexity index is 505. The number of carboxylic acids is 1. The van der Waals surface area contributed by atoms with E-state index in [1.807, 2.05) is 13.0 Å². The van der Waals surface area contributed by atoms with Crippen molar-refractivity contribution in [3.05, 3.63) is 46.0 Å². The fraction of sp³-hybridized carbons (Fsp3) is 0.286. The first-order valence-corrected chi connectivity index (χ1v) is 6.68. The molecule has 102 valence electrons. The molecule has 0 amide bonds. The van der Waals surface area contributed by atoms with Crippen molar-refractivity contribution < 1.29 is 14.7 Å². The summed E-state index contributed by atoms with van der Waals surface area (Å²) in [5, 5.41) is 11.5. The zero-order valence-electron chi connectivity index (χ0n) is 10.9. The van der Waals surface area contributed by atoms with E-state index in [0.717, 1.165) is 29.1 Å². The first-order valence-electron chi connectivity index (χ1n) is 5.89. The zero-order valence-corrected chi connectivity index (χ0v) is 12.5. The highest BCUT2D eigenvalue weighted by Crippen LogP contribution is 2.21. The molecule has 1 aliphatic rings. The molecule has 0 aliphatic heterocycles. The van der Waals surface area contributed by atoms with E-state index in [9.17, 15) is 0 Å². The Morgan fingerprint density at radius 1 is 1.53 bits per heavy atom. The van der Waals surface area contributed by atoms with Gasteiger partial charge in [-0.1, -0.05) is 33.2 Å². The number of halogens is 1. The Balaban J connectivity index is 0.000000399. The molecule has 0 saturated carbocycles. The van der Waals surface area contributed by atoms with Gasteiger partial charge in [-0.05, 0) is 37.1 Å². The number of carbonyl (C=O) groups is 1. The van der Waals surface area contributed by atoms with Gasteiger partial charge in [-0.25, -0.2) is 0 Å². The molecule has 1 N–H and O–H groups in total. The van der Waals surface area contributed by atoms with Gasteiger partial charge in [0.2, 0.25) is 0 Å². The number of oxime groups is 1. The van der Waals surface area contributed by atoms with Gasteiger partial charge < -0.3 is 9.94 Å². The quantitative estimate of drug-likeness (QED) is 0.848. The van der Waals surface area contributed by atoms with Crippen LogP contribution in [0.5, 0.6) is 0 Å². The van der Waals surface area contributed by atoms with Gasteiger partial charge in [0.05, 0.1) is 0 Å². The summed E-state index contributed by atoms with van der Waals surface area (Å²) in [7, 11) is 0. The molecular weight excluding hydrogens is 310 g/mol. The Morgan fingerprint density at radius 2 is 2.21 bits per heavy atom. The summed E-state index contributed by atoms with van der Waals surface area (Å²) in [6.07, 6.45) is 5.08. The highest BCUT2D eigenvalue weighted by Gasteiger charge is 2.11. The molecule has 0 bridgehead atoms. The van der Waals surface area contributed by atoms with Gasteiger partial charge in [0, 0.05) is 17.0 Å². The summed E-state index contributed by atoms with van der Waals surface area (Å²) >= 11 is 3.47. The molecule has 0 unspecified atom stereocenters. The summed E-state index contributed by atoms with van der Waals surface area (Å²) in [5.74, 6) is -0.833. The summed E-state index contributed by atoms with van der Waals surface area (Å²) in [5.41, 5.74) is 3.35. The molecule has 0 fully saturated rings. The molecule has 5 heteroatoms. The molecule has 1 aliphatic carbocycles. The maximum Gasteiger partial charge on any atom is 0.300 e. The van der Waals surface area contributed by atoms with Gasteiger partial charge in [-0.2, -0.15) is 0 Å². The number of allylic oxidation sites excluding steroid dienone is 2. The van der Waals surface area contributed by atoms with E-state index in [4.69, 9.17) is 14.7 Å². The number of benzene rings is 1. The lowest BCUT2D eigenvalue weighted by Crippen LogP contribution is -2.07. The zero-order chi connectivity index (χ0) is 14.3. The topological polar surface area (TPSA) is 58.9 Å². The molecule has 4 nitrogen and oxygen atoms in total. The van der Waals surface area contributed by atoms with Crippen LogP contribution in [-0.2, 0) is 16.1 Å². The Labute approximate surface area is 120 Å². The van der Waals surface area contributed by atoms with E-state index >= 15 is 0 Å². The van der Waals surface area contributed by atoms with Crippen LogP contribution in [0.2, 0.25) is 0 Å². The van der Waals surface area contributed by atoms with Crippen molar-refractivity contribution in [3.8, 4) is 0 Å². The number of carboxylic acid groups (broad SMARTS) is 1. The monoisotopic (exact) mass is 325 g/mol. The van der Waals surface area contributed by atoms with Crippen LogP contribution in [0.15, 0.2) is 40.0 Å². The maximum atomic E-state index is 9.00. The molecule has 0 spiro atoms.